The molecule has 0 radical (unpaired) electrons. The second kappa shape index (κ2) is 8.86. The Morgan fingerprint density at radius 3 is 2.48 bits per heavy atom. The van der Waals surface area contributed by atoms with E-state index in [-0.39, 0.29) is 0 Å². The minimum atomic E-state index is -1.13. The van der Waals surface area contributed by atoms with Crippen LogP contribution < -0.4 is 0 Å². The lowest BCUT2D eigenvalue weighted by molar-refractivity contribution is -0.137. The van der Waals surface area contributed by atoms with Gasteiger partial charge >= 0.3 is 12.2 Å². The van der Waals surface area contributed by atoms with Crippen LogP contribution in [0.15, 0.2) is 30.3 Å². The van der Waals surface area contributed by atoms with E-state index in [1.807, 2.05) is 30.3 Å². The van der Waals surface area contributed by atoms with Crippen molar-refractivity contribution in [1.29, 1.82) is 0 Å². The fourth-order valence-corrected chi connectivity index (χ4v) is 4.24. The van der Waals surface area contributed by atoms with Crippen LogP contribution >= 0.6 is 0 Å². The van der Waals surface area contributed by atoms with Crippen LogP contribution in [0.2, 0.25) is 0 Å². The summed E-state index contributed by atoms with van der Waals surface area (Å²) >= 11 is 0. The molecule has 1 aromatic rings. The van der Waals surface area contributed by atoms with Crippen LogP contribution in [0.25, 0.3) is 0 Å². The highest BCUT2D eigenvalue weighted by molar-refractivity contribution is 5.95. The number of hydrogen-bond donors (Lipinski definition) is 1. The smallest absolute Gasteiger partial charge is 0.417 e. The van der Waals surface area contributed by atoms with E-state index in [9.17, 15) is 19.5 Å². The van der Waals surface area contributed by atoms with Gasteiger partial charge in [0.15, 0.2) is 0 Å². The molecule has 0 spiro atoms. The van der Waals surface area contributed by atoms with E-state index in [4.69, 9.17) is 9.47 Å². The van der Waals surface area contributed by atoms with Crippen LogP contribution in [0.1, 0.15) is 59.1 Å². The average molecular weight is 433 g/mol. The molecule has 2 aliphatic rings. The summed E-state index contributed by atoms with van der Waals surface area (Å²) < 4.78 is 10.9. The lowest BCUT2D eigenvalue weighted by atomic mass is 9.94. The molecule has 3 rings (SSSR count). The number of carbonyl (C=O) groups is 3. The Kier molecular flexibility index (Phi) is 6.59. The van der Waals surface area contributed by atoms with Crippen molar-refractivity contribution in [3.05, 3.63) is 35.9 Å². The van der Waals surface area contributed by atoms with E-state index >= 15 is 0 Å². The zero-order chi connectivity index (χ0) is 22.9. The lowest BCUT2D eigenvalue weighted by Gasteiger charge is -2.34. The minimum Gasteiger partial charge on any atom is -0.444 e. The molecule has 8 heteroatoms. The first kappa shape index (κ1) is 23.1. The van der Waals surface area contributed by atoms with Gasteiger partial charge in [0.25, 0.3) is 0 Å². The summed E-state index contributed by atoms with van der Waals surface area (Å²) in [6.45, 7) is 9.12. The molecule has 0 saturated carbocycles. The van der Waals surface area contributed by atoms with Crippen LogP contribution in [0.3, 0.4) is 0 Å². The van der Waals surface area contributed by atoms with Gasteiger partial charge in [-0.15, -0.1) is 0 Å². The molecule has 0 bridgehead atoms. The van der Waals surface area contributed by atoms with Crippen LogP contribution in [-0.4, -0.2) is 63.3 Å². The summed E-state index contributed by atoms with van der Waals surface area (Å²) in [5.74, 6) is -1.41. The van der Waals surface area contributed by atoms with Crippen molar-refractivity contribution in [2.24, 2.45) is 5.92 Å². The normalized spacial score (nSPS) is 25.9. The molecule has 2 heterocycles. The molecular formula is C23H32N2O6. The molecule has 3 amide bonds. The summed E-state index contributed by atoms with van der Waals surface area (Å²) in [5.41, 5.74) is 0.149. The van der Waals surface area contributed by atoms with Crippen molar-refractivity contribution >= 4 is 18.1 Å². The maximum atomic E-state index is 13.2. The van der Waals surface area contributed by atoms with Crippen molar-refractivity contribution < 1.29 is 29.0 Å². The average Bonchev–Trinajstić information content (AvgIpc) is 3.30. The molecule has 5 atom stereocenters. The number of aliphatic hydroxyl groups is 1. The Labute approximate surface area is 183 Å². The number of likely N-dealkylation sites (tertiary alicyclic amines) is 1. The predicted molar refractivity (Wildman–Crippen MR) is 113 cm³/mol. The summed E-state index contributed by atoms with van der Waals surface area (Å²) in [7, 11) is 0. The quantitative estimate of drug-likeness (QED) is 0.782. The van der Waals surface area contributed by atoms with Gasteiger partial charge in [-0.1, -0.05) is 37.3 Å². The van der Waals surface area contributed by atoms with Gasteiger partial charge in [-0.2, -0.15) is 0 Å². The van der Waals surface area contributed by atoms with Gasteiger partial charge in [-0.05, 0) is 46.1 Å². The SMILES string of the molecule is CC(C(=O)N1C(=O)OC(c2ccccc2)C1C)C(O)C1CCCN1C(=O)OC(C)(C)C. The molecule has 0 aliphatic carbocycles. The number of cyclic esters (lactones) is 1. The first-order chi connectivity index (χ1) is 14.5. The summed E-state index contributed by atoms with van der Waals surface area (Å²) in [4.78, 5) is 40.8. The topological polar surface area (TPSA) is 96.4 Å². The number of aliphatic hydroxyl groups excluding tert-OH is 1. The van der Waals surface area contributed by atoms with Gasteiger partial charge in [-0.25, -0.2) is 14.5 Å². The molecule has 170 valence electrons. The van der Waals surface area contributed by atoms with Crippen molar-refractivity contribution in [1.82, 2.24) is 9.80 Å². The van der Waals surface area contributed by atoms with Gasteiger partial charge in [-0.3, -0.25) is 4.79 Å². The van der Waals surface area contributed by atoms with Crippen LogP contribution in [0, 0.1) is 5.92 Å². The maximum Gasteiger partial charge on any atom is 0.417 e. The zero-order valence-electron chi connectivity index (χ0n) is 18.8. The molecule has 5 unspecified atom stereocenters. The second-order valence-electron chi connectivity index (χ2n) is 9.33. The molecule has 1 aromatic carbocycles. The number of rotatable bonds is 4. The highest BCUT2D eigenvalue weighted by Crippen LogP contribution is 2.34. The minimum absolute atomic E-state index is 0.454. The Hall–Kier alpha value is -2.61. The molecule has 31 heavy (non-hydrogen) atoms. The number of imide groups is 1. The molecule has 2 aliphatic heterocycles. The highest BCUT2D eigenvalue weighted by atomic mass is 16.6. The highest BCUT2D eigenvalue weighted by Gasteiger charge is 2.47. The van der Waals surface area contributed by atoms with Gasteiger partial charge in [0.05, 0.1) is 24.1 Å². The van der Waals surface area contributed by atoms with Crippen molar-refractivity contribution in [3.63, 3.8) is 0 Å². The van der Waals surface area contributed by atoms with Crippen molar-refractivity contribution in [2.75, 3.05) is 6.54 Å². The number of nitrogens with zero attached hydrogens (tertiary/aromatic N) is 2. The number of amides is 3. The second-order valence-corrected chi connectivity index (χ2v) is 9.33. The van der Waals surface area contributed by atoms with Crippen LogP contribution in [-0.2, 0) is 14.3 Å². The predicted octanol–water partition coefficient (Wildman–Crippen LogP) is 3.49. The van der Waals surface area contributed by atoms with Gasteiger partial charge < -0.3 is 19.5 Å². The van der Waals surface area contributed by atoms with E-state index < -0.39 is 53.9 Å². The molecule has 2 saturated heterocycles. The molecule has 2 fully saturated rings. The van der Waals surface area contributed by atoms with Crippen molar-refractivity contribution in [2.45, 2.75) is 77.4 Å². The maximum absolute atomic E-state index is 13.2. The fourth-order valence-electron chi connectivity index (χ4n) is 4.24. The molecule has 8 nitrogen and oxygen atoms in total. The van der Waals surface area contributed by atoms with E-state index in [0.717, 1.165) is 10.5 Å². The number of hydrogen-bond acceptors (Lipinski definition) is 6. The third-order valence-electron chi connectivity index (χ3n) is 5.86. The number of ether oxygens (including phenoxy) is 2. The monoisotopic (exact) mass is 432 g/mol. The lowest BCUT2D eigenvalue weighted by Crippen LogP contribution is -2.51. The van der Waals surface area contributed by atoms with E-state index in [1.165, 1.54) is 4.90 Å². The van der Waals surface area contributed by atoms with Crippen LogP contribution in [0.5, 0.6) is 0 Å². The largest absolute Gasteiger partial charge is 0.444 e. The molecule has 1 N–H and O–H groups in total. The number of carbonyl (C=O) groups excluding carboxylic acids is 3. The molecule has 0 aromatic heterocycles. The first-order valence-electron chi connectivity index (χ1n) is 10.8. The third kappa shape index (κ3) is 4.84. The Morgan fingerprint density at radius 2 is 1.87 bits per heavy atom. The molecular weight excluding hydrogens is 400 g/mol. The third-order valence-corrected chi connectivity index (χ3v) is 5.86. The van der Waals surface area contributed by atoms with Crippen molar-refractivity contribution in [3.8, 4) is 0 Å². The zero-order valence-corrected chi connectivity index (χ0v) is 18.8. The van der Waals surface area contributed by atoms with Gasteiger partial charge in [0.2, 0.25) is 5.91 Å². The van der Waals surface area contributed by atoms with E-state index in [2.05, 4.69) is 0 Å². The van der Waals surface area contributed by atoms with Gasteiger partial charge in [0, 0.05) is 6.54 Å². The summed E-state index contributed by atoms with van der Waals surface area (Å²) in [6, 6.07) is 8.19. The summed E-state index contributed by atoms with van der Waals surface area (Å²) in [5, 5.41) is 11.0. The number of benzene rings is 1. The van der Waals surface area contributed by atoms with Gasteiger partial charge in [0.1, 0.15) is 11.7 Å². The Morgan fingerprint density at radius 1 is 1.23 bits per heavy atom. The van der Waals surface area contributed by atoms with E-state index in [0.29, 0.717) is 19.4 Å². The summed E-state index contributed by atoms with van der Waals surface area (Å²) in [6.07, 6.45) is -1.65. The van der Waals surface area contributed by atoms with Crippen LogP contribution in [0.4, 0.5) is 9.59 Å². The fraction of sp³-hybridized carbons (Fsp3) is 0.609. The Balaban J connectivity index is 1.71. The van der Waals surface area contributed by atoms with E-state index in [1.54, 1.807) is 34.6 Å². The Bertz CT molecular complexity index is 821. The standard InChI is InChI=1S/C23H32N2O6/c1-14(18(26)17-12-9-13-24(17)21(28)31-23(3,4)5)20(27)25-15(2)19(30-22(25)29)16-10-7-6-8-11-16/h6-8,10-11,14-15,17-19,26H,9,12-13H2,1-5H3. The first-order valence-corrected chi connectivity index (χ1v) is 10.8.